The SMILES string of the molecule is Cc1cccc(-c2c(C)sc3[nH]c(=O)cc(NS(=O)(=O)c4cccc(Cl)c4)c23)c1.Cc1cccc(-c2c(C)sc3[nH]c(=O)cc(NS(=O)(=O)c4cccc(Cl)c4)c23)c1. The molecule has 58 heavy (non-hydrogen) atoms. The summed E-state index contributed by atoms with van der Waals surface area (Å²) in [6.07, 6.45) is 0. The van der Waals surface area contributed by atoms with Crippen LogP contribution in [0, 0.1) is 27.7 Å². The van der Waals surface area contributed by atoms with Gasteiger partial charge in [-0.2, -0.15) is 0 Å². The van der Waals surface area contributed by atoms with Crippen LogP contribution in [0.4, 0.5) is 11.4 Å². The number of hydrogen-bond donors (Lipinski definition) is 4. The Morgan fingerprint density at radius 1 is 0.517 bits per heavy atom. The standard InChI is InChI=1S/2C21H17ClN2O3S2/c2*1-12-5-3-6-14(9-12)19-13(2)28-21-20(19)17(11-18(25)23-21)24-29(26,27)16-8-4-7-15(22)10-16/h2*3-11H,1-2H3,(H2,23,24,25). The van der Waals surface area contributed by atoms with Gasteiger partial charge < -0.3 is 9.97 Å². The largest absolute Gasteiger partial charge is 0.313 e. The quantitative estimate of drug-likeness (QED) is 0.119. The van der Waals surface area contributed by atoms with Gasteiger partial charge in [-0.1, -0.05) is 95.0 Å². The number of benzene rings is 4. The fraction of sp³-hybridized carbons (Fsp3) is 0.0952. The Bertz CT molecular complexity index is 3030. The Labute approximate surface area is 352 Å². The highest BCUT2D eigenvalue weighted by Gasteiger charge is 2.23. The van der Waals surface area contributed by atoms with Gasteiger partial charge in [0.05, 0.1) is 21.2 Å². The first-order valence-corrected chi connectivity index (χ1v) is 22.9. The third-order valence-electron chi connectivity index (χ3n) is 9.05. The number of aromatic amines is 2. The van der Waals surface area contributed by atoms with E-state index in [-0.39, 0.29) is 32.3 Å². The lowest BCUT2D eigenvalue weighted by atomic mass is 10.0. The molecule has 0 unspecified atom stereocenters. The molecule has 296 valence electrons. The van der Waals surface area contributed by atoms with E-state index in [0.717, 1.165) is 43.1 Å². The van der Waals surface area contributed by atoms with Crippen molar-refractivity contribution < 1.29 is 16.8 Å². The van der Waals surface area contributed by atoms with Crippen LogP contribution in [0.1, 0.15) is 20.9 Å². The molecule has 0 aliphatic carbocycles. The van der Waals surface area contributed by atoms with Crippen molar-refractivity contribution in [1.82, 2.24) is 9.97 Å². The molecule has 8 rings (SSSR count). The minimum absolute atomic E-state index is 0.0301. The topological polar surface area (TPSA) is 158 Å². The molecule has 4 N–H and O–H groups in total. The second-order valence-corrected chi connectivity index (χ2v) is 20.1. The van der Waals surface area contributed by atoms with Crippen molar-refractivity contribution >= 4 is 97.7 Å². The van der Waals surface area contributed by atoms with Gasteiger partial charge in [-0.3, -0.25) is 19.0 Å². The normalized spacial score (nSPS) is 11.7. The molecule has 8 aromatic rings. The van der Waals surface area contributed by atoms with Crippen LogP contribution in [0.5, 0.6) is 0 Å². The summed E-state index contributed by atoms with van der Waals surface area (Å²) in [4.78, 5) is 33.3. The Morgan fingerprint density at radius 3 is 1.26 bits per heavy atom. The van der Waals surface area contributed by atoms with Crippen LogP contribution in [0.25, 0.3) is 42.7 Å². The zero-order chi connectivity index (χ0) is 41.5. The first-order valence-electron chi connectivity index (χ1n) is 17.5. The van der Waals surface area contributed by atoms with Crippen molar-refractivity contribution in [1.29, 1.82) is 0 Å². The van der Waals surface area contributed by atoms with Crippen LogP contribution < -0.4 is 20.6 Å². The molecule has 0 amide bonds. The average molecular weight is 890 g/mol. The summed E-state index contributed by atoms with van der Waals surface area (Å²) in [5, 5.41) is 1.97. The number of pyridine rings is 2. The van der Waals surface area contributed by atoms with Crippen LogP contribution in [0.15, 0.2) is 129 Å². The highest BCUT2D eigenvalue weighted by molar-refractivity contribution is 7.93. The van der Waals surface area contributed by atoms with E-state index in [0.29, 0.717) is 30.5 Å². The Balaban J connectivity index is 0.000000177. The van der Waals surface area contributed by atoms with Gasteiger partial charge in [0.25, 0.3) is 31.2 Å². The Hall–Kier alpha value is -5.22. The van der Waals surface area contributed by atoms with E-state index in [1.54, 1.807) is 24.3 Å². The van der Waals surface area contributed by atoms with Crippen molar-refractivity contribution in [3.05, 3.63) is 161 Å². The molecular formula is C42H34Cl2N4O6S4. The summed E-state index contributed by atoms with van der Waals surface area (Å²) >= 11 is 14.7. The second-order valence-electron chi connectivity index (χ2n) is 13.4. The van der Waals surface area contributed by atoms with Crippen LogP contribution in [-0.2, 0) is 20.0 Å². The maximum absolute atomic E-state index is 12.9. The fourth-order valence-electron chi connectivity index (χ4n) is 6.61. The maximum atomic E-state index is 12.9. The third kappa shape index (κ3) is 8.63. The predicted molar refractivity (Wildman–Crippen MR) is 239 cm³/mol. The predicted octanol–water partition coefficient (Wildman–Crippen LogP) is 10.7. The number of aryl methyl sites for hydroxylation is 4. The van der Waals surface area contributed by atoms with Crippen LogP contribution >= 0.6 is 45.9 Å². The number of aromatic nitrogens is 2. The zero-order valence-electron chi connectivity index (χ0n) is 31.2. The zero-order valence-corrected chi connectivity index (χ0v) is 36.0. The van der Waals surface area contributed by atoms with Gasteiger partial charge in [0.15, 0.2) is 0 Å². The van der Waals surface area contributed by atoms with Crippen LogP contribution in [-0.4, -0.2) is 26.8 Å². The summed E-state index contributed by atoms with van der Waals surface area (Å²) in [5.41, 5.74) is 5.62. The highest BCUT2D eigenvalue weighted by Crippen LogP contribution is 2.43. The first-order chi connectivity index (χ1) is 27.5. The van der Waals surface area contributed by atoms with Gasteiger partial charge >= 0.3 is 0 Å². The van der Waals surface area contributed by atoms with E-state index in [9.17, 15) is 26.4 Å². The van der Waals surface area contributed by atoms with Gasteiger partial charge in [0.2, 0.25) is 0 Å². The summed E-state index contributed by atoms with van der Waals surface area (Å²) < 4.78 is 56.9. The number of fused-ring (bicyclic) bond motifs is 2. The Morgan fingerprint density at radius 2 is 0.897 bits per heavy atom. The number of thiophene rings is 2. The molecule has 0 bridgehead atoms. The Kier molecular flexibility index (Phi) is 11.4. The lowest BCUT2D eigenvalue weighted by Crippen LogP contribution is -2.15. The number of rotatable bonds is 8. The molecule has 4 aromatic carbocycles. The van der Waals surface area contributed by atoms with Crippen molar-refractivity contribution in [2.24, 2.45) is 0 Å². The highest BCUT2D eigenvalue weighted by atomic mass is 35.5. The molecule has 0 saturated heterocycles. The molecule has 4 heterocycles. The molecule has 0 saturated carbocycles. The third-order valence-corrected chi connectivity index (χ3v) is 14.3. The molecule has 0 atom stereocenters. The number of hydrogen-bond acceptors (Lipinski definition) is 8. The van der Waals surface area contributed by atoms with Crippen molar-refractivity contribution in [3.8, 4) is 22.3 Å². The number of H-pyrrole nitrogens is 2. The molecule has 0 spiro atoms. The van der Waals surface area contributed by atoms with Crippen molar-refractivity contribution in [2.75, 3.05) is 9.44 Å². The van der Waals surface area contributed by atoms with E-state index in [4.69, 9.17) is 23.2 Å². The molecule has 16 heteroatoms. The van der Waals surface area contributed by atoms with Crippen molar-refractivity contribution in [3.63, 3.8) is 0 Å². The first kappa shape index (κ1) is 41.0. The summed E-state index contributed by atoms with van der Waals surface area (Å²) in [7, 11) is -7.85. The van der Waals surface area contributed by atoms with E-state index >= 15 is 0 Å². The molecule has 0 radical (unpaired) electrons. The minimum atomic E-state index is -3.92. The van der Waals surface area contributed by atoms with E-state index < -0.39 is 20.0 Å². The van der Waals surface area contributed by atoms with Crippen LogP contribution in [0.2, 0.25) is 10.0 Å². The molecule has 10 nitrogen and oxygen atoms in total. The summed E-state index contributed by atoms with van der Waals surface area (Å²) in [6.45, 7) is 7.90. The number of halogens is 2. The molecule has 0 fully saturated rings. The van der Waals surface area contributed by atoms with Gasteiger partial charge in [0, 0.05) is 53.8 Å². The average Bonchev–Trinajstić information content (AvgIpc) is 3.66. The lowest BCUT2D eigenvalue weighted by molar-refractivity contribution is 0.599. The smallest absolute Gasteiger partial charge is 0.261 e. The fourth-order valence-corrected chi connectivity index (χ4v) is 11.5. The van der Waals surface area contributed by atoms with Gasteiger partial charge in [-0.05, 0) is 75.2 Å². The summed E-state index contributed by atoms with van der Waals surface area (Å²) in [5.74, 6) is 0. The van der Waals surface area contributed by atoms with Gasteiger partial charge in [0.1, 0.15) is 9.66 Å². The van der Waals surface area contributed by atoms with E-state index in [1.807, 2.05) is 76.2 Å². The lowest BCUT2D eigenvalue weighted by Gasteiger charge is -2.11. The number of nitrogens with one attached hydrogen (secondary N) is 4. The monoisotopic (exact) mass is 888 g/mol. The van der Waals surface area contributed by atoms with E-state index in [2.05, 4.69) is 19.4 Å². The molecule has 0 aliphatic rings. The van der Waals surface area contributed by atoms with Gasteiger partial charge in [-0.15, -0.1) is 22.7 Å². The number of anilines is 2. The second kappa shape index (κ2) is 16.2. The molecule has 4 aromatic heterocycles. The van der Waals surface area contributed by atoms with Gasteiger partial charge in [-0.25, -0.2) is 16.8 Å². The van der Waals surface area contributed by atoms with E-state index in [1.165, 1.54) is 59.1 Å². The minimum Gasteiger partial charge on any atom is -0.313 e. The molecular weight excluding hydrogens is 856 g/mol. The maximum Gasteiger partial charge on any atom is 0.261 e. The number of sulfonamides is 2. The van der Waals surface area contributed by atoms with Crippen LogP contribution in [0.3, 0.4) is 0 Å². The summed E-state index contributed by atoms with van der Waals surface area (Å²) in [6, 6.07) is 30.5. The molecule has 0 aliphatic heterocycles. The van der Waals surface area contributed by atoms with Crippen molar-refractivity contribution in [2.45, 2.75) is 37.5 Å².